The molecule has 0 radical (unpaired) electrons. The zero-order chi connectivity index (χ0) is 19.1. The van der Waals surface area contributed by atoms with Gasteiger partial charge in [0.05, 0.1) is 6.42 Å². The first-order valence-corrected chi connectivity index (χ1v) is 9.28. The Morgan fingerprint density at radius 3 is 2.22 bits per heavy atom. The second-order valence-corrected chi connectivity index (χ2v) is 6.95. The molecule has 0 bridgehead atoms. The Morgan fingerprint density at radius 2 is 1.52 bits per heavy atom. The number of carboxylic acids is 1. The lowest BCUT2D eigenvalue weighted by Crippen LogP contribution is -2.04. The molecule has 1 N–H and O–H groups in total. The van der Waals surface area contributed by atoms with E-state index in [9.17, 15) is 4.79 Å². The standard InChI is InChI=1S/C22H19BrO4/c23-19-8-11-21(18(12-19)13-22(24)25)27-15-17-6-9-20(10-7-17)26-14-16-4-2-1-3-5-16/h1-12H,13-15H2,(H,24,25). The van der Waals surface area contributed by atoms with Gasteiger partial charge >= 0.3 is 5.97 Å². The summed E-state index contributed by atoms with van der Waals surface area (Å²) in [6.07, 6.45) is -0.0823. The Labute approximate surface area is 166 Å². The van der Waals surface area contributed by atoms with E-state index in [0.717, 1.165) is 21.3 Å². The molecule has 0 saturated heterocycles. The van der Waals surface area contributed by atoms with Crippen LogP contribution in [0.1, 0.15) is 16.7 Å². The van der Waals surface area contributed by atoms with Crippen molar-refractivity contribution < 1.29 is 19.4 Å². The molecule has 0 heterocycles. The fraction of sp³-hybridized carbons (Fsp3) is 0.136. The van der Waals surface area contributed by atoms with Crippen LogP contribution >= 0.6 is 15.9 Å². The minimum absolute atomic E-state index is 0.0823. The highest BCUT2D eigenvalue weighted by Gasteiger charge is 2.09. The zero-order valence-corrected chi connectivity index (χ0v) is 16.2. The van der Waals surface area contributed by atoms with Gasteiger partial charge in [-0.15, -0.1) is 0 Å². The van der Waals surface area contributed by atoms with Crippen molar-refractivity contribution >= 4 is 21.9 Å². The second-order valence-electron chi connectivity index (χ2n) is 6.03. The van der Waals surface area contributed by atoms with Crippen molar-refractivity contribution in [1.82, 2.24) is 0 Å². The van der Waals surface area contributed by atoms with Gasteiger partial charge in [-0.3, -0.25) is 4.79 Å². The first kappa shape index (κ1) is 19.0. The Hall–Kier alpha value is -2.79. The number of benzene rings is 3. The Morgan fingerprint density at radius 1 is 0.852 bits per heavy atom. The highest BCUT2D eigenvalue weighted by atomic mass is 79.9. The van der Waals surface area contributed by atoms with Crippen LogP contribution in [0.15, 0.2) is 77.3 Å². The number of rotatable bonds is 8. The normalized spacial score (nSPS) is 10.4. The van der Waals surface area contributed by atoms with Crippen molar-refractivity contribution in [3.05, 3.63) is 94.0 Å². The summed E-state index contributed by atoms with van der Waals surface area (Å²) in [5.41, 5.74) is 2.73. The molecule has 0 fully saturated rings. The summed E-state index contributed by atoms with van der Waals surface area (Å²) in [5.74, 6) is 0.473. The summed E-state index contributed by atoms with van der Waals surface area (Å²) in [4.78, 5) is 11.0. The van der Waals surface area contributed by atoms with Crippen molar-refractivity contribution in [2.24, 2.45) is 0 Å². The molecule has 0 aromatic heterocycles. The van der Waals surface area contributed by atoms with E-state index in [-0.39, 0.29) is 6.42 Å². The third-order valence-corrected chi connectivity index (χ3v) is 4.42. The summed E-state index contributed by atoms with van der Waals surface area (Å²) in [5, 5.41) is 9.05. The van der Waals surface area contributed by atoms with E-state index in [1.54, 1.807) is 12.1 Å². The zero-order valence-electron chi connectivity index (χ0n) is 14.6. The number of hydrogen-bond acceptors (Lipinski definition) is 3. The summed E-state index contributed by atoms with van der Waals surface area (Å²) in [7, 11) is 0. The van der Waals surface area contributed by atoms with Crippen molar-refractivity contribution in [2.75, 3.05) is 0 Å². The van der Waals surface area contributed by atoms with Gasteiger partial charge in [0.1, 0.15) is 24.7 Å². The SMILES string of the molecule is O=C(O)Cc1cc(Br)ccc1OCc1ccc(OCc2ccccc2)cc1. The van der Waals surface area contributed by atoms with Crippen LogP contribution in [0.3, 0.4) is 0 Å². The van der Waals surface area contributed by atoms with Crippen LogP contribution in [-0.2, 0) is 24.4 Å². The molecule has 0 amide bonds. The van der Waals surface area contributed by atoms with E-state index >= 15 is 0 Å². The molecule has 138 valence electrons. The molecule has 27 heavy (non-hydrogen) atoms. The van der Waals surface area contributed by atoms with Crippen LogP contribution in [-0.4, -0.2) is 11.1 Å². The van der Waals surface area contributed by atoms with Gasteiger partial charge in [0.25, 0.3) is 0 Å². The molecule has 0 unspecified atom stereocenters. The molecular formula is C22H19BrO4. The topological polar surface area (TPSA) is 55.8 Å². The first-order valence-electron chi connectivity index (χ1n) is 8.49. The van der Waals surface area contributed by atoms with Gasteiger partial charge < -0.3 is 14.6 Å². The van der Waals surface area contributed by atoms with E-state index in [4.69, 9.17) is 14.6 Å². The van der Waals surface area contributed by atoms with E-state index in [1.807, 2.05) is 60.7 Å². The lowest BCUT2D eigenvalue weighted by Gasteiger charge is -2.12. The second kappa shape index (κ2) is 9.24. The maximum Gasteiger partial charge on any atom is 0.307 e. The quantitative estimate of drug-likeness (QED) is 0.535. The van der Waals surface area contributed by atoms with Crippen molar-refractivity contribution in [3.63, 3.8) is 0 Å². The fourth-order valence-corrected chi connectivity index (χ4v) is 2.98. The highest BCUT2D eigenvalue weighted by molar-refractivity contribution is 9.10. The maximum atomic E-state index is 11.0. The summed E-state index contributed by atoms with van der Waals surface area (Å²) < 4.78 is 12.4. The first-order chi connectivity index (χ1) is 13.1. The molecule has 4 nitrogen and oxygen atoms in total. The lowest BCUT2D eigenvalue weighted by molar-refractivity contribution is -0.136. The number of aliphatic carboxylic acids is 1. The third kappa shape index (κ3) is 5.86. The maximum absolute atomic E-state index is 11.0. The smallest absolute Gasteiger partial charge is 0.307 e. The lowest BCUT2D eigenvalue weighted by atomic mass is 10.1. The number of ether oxygens (including phenoxy) is 2. The predicted octanol–water partition coefficient (Wildman–Crippen LogP) is 5.23. The Bertz CT molecular complexity index is 892. The molecule has 5 heteroatoms. The van der Waals surface area contributed by atoms with Crippen LogP contribution < -0.4 is 9.47 Å². The molecule has 0 saturated carbocycles. The Balaban J connectivity index is 1.58. The minimum atomic E-state index is -0.891. The molecule has 0 aliphatic rings. The van der Waals surface area contributed by atoms with E-state index in [1.165, 1.54) is 0 Å². The van der Waals surface area contributed by atoms with Gasteiger partial charge in [0, 0.05) is 10.0 Å². The van der Waals surface area contributed by atoms with E-state index in [2.05, 4.69) is 15.9 Å². The molecular weight excluding hydrogens is 408 g/mol. The van der Waals surface area contributed by atoms with Crippen molar-refractivity contribution in [3.8, 4) is 11.5 Å². The highest BCUT2D eigenvalue weighted by Crippen LogP contribution is 2.25. The summed E-state index contributed by atoms with van der Waals surface area (Å²) in [6, 6.07) is 23.1. The van der Waals surface area contributed by atoms with Crippen molar-refractivity contribution in [1.29, 1.82) is 0 Å². The molecule has 0 aliphatic heterocycles. The predicted molar refractivity (Wildman–Crippen MR) is 107 cm³/mol. The number of carbonyl (C=O) groups is 1. The molecule has 0 aliphatic carbocycles. The summed E-state index contributed by atoms with van der Waals surface area (Å²) in [6.45, 7) is 0.876. The fourth-order valence-electron chi connectivity index (χ4n) is 2.57. The number of halogens is 1. The van der Waals surface area contributed by atoms with Crippen molar-refractivity contribution in [2.45, 2.75) is 19.6 Å². The minimum Gasteiger partial charge on any atom is -0.489 e. The van der Waals surface area contributed by atoms with Crippen LogP contribution in [0.5, 0.6) is 11.5 Å². The van der Waals surface area contributed by atoms with Gasteiger partial charge in [0.15, 0.2) is 0 Å². The molecule has 0 spiro atoms. The van der Waals surface area contributed by atoms with Gasteiger partial charge in [-0.05, 0) is 41.5 Å². The third-order valence-electron chi connectivity index (χ3n) is 3.93. The average molecular weight is 427 g/mol. The molecule has 0 atom stereocenters. The molecule has 3 aromatic rings. The average Bonchev–Trinajstić information content (AvgIpc) is 2.67. The van der Waals surface area contributed by atoms with Crippen LogP contribution in [0.2, 0.25) is 0 Å². The molecule has 3 rings (SSSR count). The Kier molecular flexibility index (Phi) is 6.49. The van der Waals surface area contributed by atoms with Crippen LogP contribution in [0.25, 0.3) is 0 Å². The monoisotopic (exact) mass is 426 g/mol. The van der Waals surface area contributed by atoms with Gasteiger partial charge in [-0.2, -0.15) is 0 Å². The van der Waals surface area contributed by atoms with Gasteiger partial charge in [-0.25, -0.2) is 0 Å². The van der Waals surface area contributed by atoms with Crippen LogP contribution in [0, 0.1) is 0 Å². The van der Waals surface area contributed by atoms with Gasteiger partial charge in [-0.1, -0.05) is 58.4 Å². The van der Waals surface area contributed by atoms with Crippen LogP contribution in [0.4, 0.5) is 0 Å². The number of hydrogen-bond donors (Lipinski definition) is 1. The van der Waals surface area contributed by atoms with E-state index in [0.29, 0.717) is 24.5 Å². The van der Waals surface area contributed by atoms with E-state index < -0.39 is 5.97 Å². The molecule has 3 aromatic carbocycles. The number of carboxylic acid groups (broad SMARTS) is 1. The summed E-state index contributed by atoms with van der Waals surface area (Å²) >= 11 is 3.36. The van der Waals surface area contributed by atoms with Gasteiger partial charge in [0.2, 0.25) is 0 Å². The largest absolute Gasteiger partial charge is 0.489 e.